The van der Waals surface area contributed by atoms with Crippen molar-refractivity contribution in [3.05, 3.63) is 11.3 Å². The van der Waals surface area contributed by atoms with E-state index in [2.05, 4.69) is 0 Å². The van der Waals surface area contributed by atoms with Crippen molar-refractivity contribution in [2.45, 2.75) is 50.9 Å². The van der Waals surface area contributed by atoms with Crippen LogP contribution in [0.3, 0.4) is 0 Å². The minimum absolute atomic E-state index is 0.0279. The van der Waals surface area contributed by atoms with E-state index in [0.29, 0.717) is 32.3 Å². The van der Waals surface area contributed by atoms with Crippen molar-refractivity contribution >= 4 is 11.8 Å². The molecule has 2 N–H and O–H groups in total. The molecule has 3 aliphatic carbocycles. The third-order valence-corrected chi connectivity index (χ3v) is 7.38. The lowest BCUT2D eigenvalue weighted by atomic mass is 9.42. The monoisotopic (exact) mass is 320 g/mol. The topological polar surface area (TPSA) is 93.1 Å². The number of ether oxygens (including phenoxy) is 2. The van der Waals surface area contributed by atoms with Gasteiger partial charge < -0.3 is 19.7 Å². The van der Waals surface area contributed by atoms with Crippen molar-refractivity contribution in [3.8, 4) is 0 Å². The summed E-state index contributed by atoms with van der Waals surface area (Å²) in [6.07, 6.45) is 2.13. The summed E-state index contributed by atoms with van der Waals surface area (Å²) >= 11 is 0. The van der Waals surface area contributed by atoms with Gasteiger partial charge in [0, 0.05) is 30.6 Å². The number of aliphatic hydroxyl groups is 2. The first-order chi connectivity index (χ1) is 10.8. The number of rotatable bonds is 0. The van der Waals surface area contributed by atoms with Gasteiger partial charge >= 0.3 is 5.97 Å². The quantitative estimate of drug-likeness (QED) is 0.652. The zero-order chi connectivity index (χ0) is 16.2. The highest BCUT2D eigenvalue weighted by Gasteiger charge is 2.79. The van der Waals surface area contributed by atoms with E-state index in [1.165, 1.54) is 0 Å². The minimum atomic E-state index is -1.46. The molecule has 2 saturated carbocycles. The molecule has 23 heavy (non-hydrogen) atoms. The number of hydrogen-bond acceptors (Lipinski definition) is 6. The van der Waals surface area contributed by atoms with Gasteiger partial charge in [0.1, 0.15) is 11.5 Å². The maximum atomic E-state index is 12.6. The van der Waals surface area contributed by atoms with Crippen LogP contribution < -0.4 is 0 Å². The number of carbonyl (C=O) groups excluding carboxylic acids is 2. The van der Waals surface area contributed by atoms with Crippen molar-refractivity contribution in [1.82, 2.24) is 0 Å². The highest BCUT2D eigenvalue weighted by molar-refractivity contribution is 5.95. The summed E-state index contributed by atoms with van der Waals surface area (Å²) in [7, 11) is 0. The summed E-state index contributed by atoms with van der Waals surface area (Å²) < 4.78 is 11.4. The van der Waals surface area contributed by atoms with Gasteiger partial charge in [-0.1, -0.05) is 0 Å². The highest BCUT2D eigenvalue weighted by Crippen LogP contribution is 2.72. The van der Waals surface area contributed by atoms with Crippen LogP contribution in [0.25, 0.3) is 0 Å². The van der Waals surface area contributed by atoms with Crippen LogP contribution in [-0.4, -0.2) is 40.5 Å². The number of carbonyl (C=O) groups is 2. The van der Waals surface area contributed by atoms with Crippen molar-refractivity contribution in [2.75, 3.05) is 6.61 Å². The number of esters is 1. The van der Waals surface area contributed by atoms with Crippen LogP contribution in [0.1, 0.15) is 39.0 Å². The molecular formula is C17H20O6. The molecule has 6 rings (SSSR count). The number of aliphatic hydroxyl groups excluding tert-OH is 1. The van der Waals surface area contributed by atoms with Crippen molar-refractivity contribution in [2.24, 2.45) is 22.7 Å². The van der Waals surface area contributed by atoms with Gasteiger partial charge in [-0.3, -0.25) is 9.59 Å². The smallest absolute Gasteiger partial charge is 0.318 e. The van der Waals surface area contributed by atoms with E-state index in [1.807, 2.05) is 0 Å². The Hall–Kier alpha value is -1.40. The molecular weight excluding hydrogens is 300 g/mol. The largest absolute Gasteiger partial charge is 0.504 e. The summed E-state index contributed by atoms with van der Waals surface area (Å²) in [6.45, 7) is 2.11. The first kappa shape index (κ1) is 14.0. The van der Waals surface area contributed by atoms with E-state index in [0.717, 1.165) is 12.0 Å². The van der Waals surface area contributed by atoms with Crippen molar-refractivity contribution in [1.29, 1.82) is 0 Å². The molecule has 3 aliphatic heterocycles. The number of allylic oxidation sites excluding steroid dienone is 1. The lowest BCUT2D eigenvalue weighted by Crippen LogP contribution is -2.72. The average Bonchev–Trinajstić information content (AvgIpc) is 2.80. The maximum absolute atomic E-state index is 12.6. The molecule has 3 saturated heterocycles. The predicted octanol–water partition coefficient (Wildman–Crippen LogP) is 1.23. The molecule has 0 aromatic heterocycles. The van der Waals surface area contributed by atoms with Crippen LogP contribution >= 0.6 is 0 Å². The summed E-state index contributed by atoms with van der Waals surface area (Å²) in [5.74, 6) is -2.32. The molecule has 124 valence electrons. The Morgan fingerprint density at radius 2 is 2.04 bits per heavy atom. The lowest BCUT2D eigenvalue weighted by molar-refractivity contribution is -0.369. The fourth-order valence-electron chi connectivity index (χ4n) is 6.28. The third-order valence-electron chi connectivity index (χ3n) is 7.38. The second-order valence-corrected chi connectivity index (χ2v) is 8.02. The molecule has 6 heteroatoms. The number of fused-ring (bicyclic) bond motifs is 3. The van der Waals surface area contributed by atoms with Crippen LogP contribution in [0, 0.1) is 22.7 Å². The third kappa shape index (κ3) is 1.28. The Bertz CT molecular complexity index is 671. The highest BCUT2D eigenvalue weighted by atomic mass is 16.6. The minimum Gasteiger partial charge on any atom is -0.504 e. The van der Waals surface area contributed by atoms with Crippen LogP contribution in [0.15, 0.2) is 11.3 Å². The molecule has 6 atom stereocenters. The lowest BCUT2D eigenvalue weighted by Gasteiger charge is -2.65. The molecule has 0 radical (unpaired) electrons. The van der Waals surface area contributed by atoms with Crippen LogP contribution in [0.5, 0.6) is 0 Å². The van der Waals surface area contributed by atoms with E-state index < -0.39 is 17.2 Å². The van der Waals surface area contributed by atoms with Crippen LogP contribution in [-0.2, 0) is 19.1 Å². The van der Waals surface area contributed by atoms with E-state index in [9.17, 15) is 19.8 Å². The summed E-state index contributed by atoms with van der Waals surface area (Å²) in [4.78, 5) is 24.5. The standard InChI is InChI=1S/C17H20O6/c1-15-13-11(23-14(15)20)6-8-9(2-3-10(18)12(8)19)16(13)4-5-17(15,21)22-7-16/h9,11,13,19,21H,2-7H2,1H3/t9-,11-,13+,15-,16+,17+/m1/s1. The number of ketones is 1. The molecule has 0 aromatic carbocycles. The fourth-order valence-corrected chi connectivity index (χ4v) is 6.28. The maximum Gasteiger partial charge on any atom is 0.318 e. The fraction of sp³-hybridized carbons (Fsp3) is 0.765. The molecule has 2 bridgehead atoms. The van der Waals surface area contributed by atoms with Gasteiger partial charge in [0.15, 0.2) is 17.3 Å². The number of Topliss-reactive ketones (excluding diaryl/α,β-unsaturated/α-hetero) is 1. The van der Waals surface area contributed by atoms with Crippen molar-refractivity contribution < 1.29 is 29.3 Å². The summed E-state index contributed by atoms with van der Waals surface area (Å²) in [5.41, 5.74) is -0.662. The SMILES string of the molecule is C[C@@]12C(=O)O[C@@H]3CC4=C(O)C(=O)CC[C@H]4[C@@]4(CC[C@]1(O)OC4)[C@@H]32. The number of hydrogen-bond donors (Lipinski definition) is 2. The zero-order valence-corrected chi connectivity index (χ0v) is 13.0. The molecule has 0 aromatic rings. The molecule has 0 unspecified atom stereocenters. The Balaban J connectivity index is 1.73. The van der Waals surface area contributed by atoms with E-state index in [1.54, 1.807) is 6.92 Å². The zero-order valence-electron chi connectivity index (χ0n) is 13.0. The van der Waals surface area contributed by atoms with Gasteiger partial charge in [-0.05, 0) is 31.3 Å². The van der Waals surface area contributed by atoms with Gasteiger partial charge in [-0.15, -0.1) is 0 Å². The van der Waals surface area contributed by atoms with E-state index in [4.69, 9.17) is 9.47 Å². The molecule has 5 fully saturated rings. The Kier molecular flexibility index (Phi) is 2.31. The van der Waals surface area contributed by atoms with Crippen molar-refractivity contribution in [3.63, 3.8) is 0 Å². The second kappa shape index (κ2) is 3.81. The first-order valence-electron chi connectivity index (χ1n) is 8.36. The Morgan fingerprint density at radius 3 is 2.74 bits per heavy atom. The van der Waals surface area contributed by atoms with Gasteiger partial charge in [0.05, 0.1) is 6.61 Å². The summed E-state index contributed by atoms with van der Waals surface area (Å²) in [5, 5.41) is 21.2. The average molecular weight is 320 g/mol. The van der Waals surface area contributed by atoms with Crippen LogP contribution in [0.4, 0.5) is 0 Å². The second-order valence-electron chi connectivity index (χ2n) is 8.02. The normalized spacial score (nSPS) is 53.9. The van der Waals surface area contributed by atoms with Gasteiger partial charge in [-0.2, -0.15) is 0 Å². The van der Waals surface area contributed by atoms with E-state index in [-0.39, 0.29) is 34.9 Å². The summed E-state index contributed by atoms with van der Waals surface area (Å²) in [6, 6.07) is 0. The molecule has 6 aliphatic rings. The predicted molar refractivity (Wildman–Crippen MR) is 76.0 cm³/mol. The van der Waals surface area contributed by atoms with Gasteiger partial charge in [-0.25, -0.2) is 0 Å². The first-order valence-corrected chi connectivity index (χ1v) is 8.36. The molecule has 0 amide bonds. The molecule has 6 nitrogen and oxygen atoms in total. The molecule has 1 spiro atoms. The van der Waals surface area contributed by atoms with E-state index >= 15 is 0 Å². The Morgan fingerprint density at radius 1 is 1.26 bits per heavy atom. The Labute approximate surface area is 133 Å². The van der Waals surface area contributed by atoms with Gasteiger partial charge in [0.25, 0.3) is 0 Å². The molecule has 3 heterocycles. The van der Waals surface area contributed by atoms with Crippen LogP contribution in [0.2, 0.25) is 0 Å². The van der Waals surface area contributed by atoms with Gasteiger partial charge in [0.2, 0.25) is 0 Å².